The van der Waals surface area contributed by atoms with Crippen molar-refractivity contribution in [2.75, 3.05) is 29.1 Å². The summed E-state index contributed by atoms with van der Waals surface area (Å²) in [5.74, 6) is 0.936. The number of para-hydroxylation sites is 2. The van der Waals surface area contributed by atoms with Gasteiger partial charge in [0.25, 0.3) is 0 Å². The van der Waals surface area contributed by atoms with Crippen molar-refractivity contribution in [2.45, 2.75) is 24.9 Å². The summed E-state index contributed by atoms with van der Waals surface area (Å²) in [6.07, 6.45) is 1.39. The van der Waals surface area contributed by atoms with Crippen LogP contribution in [0.5, 0.6) is 5.75 Å². The summed E-state index contributed by atoms with van der Waals surface area (Å²) in [4.78, 5) is 34.0. The molecule has 1 saturated heterocycles. The molecule has 7 nitrogen and oxygen atoms in total. The molecule has 0 aliphatic carbocycles. The van der Waals surface area contributed by atoms with Crippen molar-refractivity contribution < 1.29 is 14.3 Å². The monoisotopic (exact) mass is 410 g/mol. The van der Waals surface area contributed by atoms with Gasteiger partial charge < -0.3 is 19.9 Å². The molecule has 2 heterocycles. The SMILES string of the molecule is CCOc1ccc2nc(SCC(=O)Nc3ccccc3N3CCCC3=O)[nH]c2c1. The lowest BCUT2D eigenvalue weighted by Crippen LogP contribution is -2.26. The number of aromatic amines is 1. The van der Waals surface area contributed by atoms with E-state index in [9.17, 15) is 9.59 Å². The Hall–Kier alpha value is -3.00. The van der Waals surface area contributed by atoms with Crippen LogP contribution in [0.3, 0.4) is 0 Å². The van der Waals surface area contributed by atoms with Gasteiger partial charge in [-0.1, -0.05) is 23.9 Å². The number of hydrogen-bond acceptors (Lipinski definition) is 5. The van der Waals surface area contributed by atoms with E-state index in [1.165, 1.54) is 11.8 Å². The summed E-state index contributed by atoms with van der Waals surface area (Å²) in [7, 11) is 0. The second kappa shape index (κ2) is 8.57. The fraction of sp³-hybridized carbons (Fsp3) is 0.286. The zero-order valence-corrected chi connectivity index (χ0v) is 16.9. The number of thioether (sulfide) groups is 1. The van der Waals surface area contributed by atoms with Crippen LogP contribution in [-0.4, -0.2) is 40.7 Å². The summed E-state index contributed by atoms with van der Waals surface area (Å²) in [5, 5.41) is 3.60. The molecule has 1 aliphatic rings. The number of nitrogens with one attached hydrogen (secondary N) is 2. The maximum atomic E-state index is 12.5. The quantitative estimate of drug-likeness (QED) is 0.578. The molecule has 4 rings (SSSR count). The van der Waals surface area contributed by atoms with E-state index in [4.69, 9.17) is 4.74 Å². The van der Waals surface area contributed by atoms with Crippen molar-refractivity contribution in [3.63, 3.8) is 0 Å². The third-order valence-corrected chi connectivity index (χ3v) is 5.50. The van der Waals surface area contributed by atoms with Crippen LogP contribution in [-0.2, 0) is 9.59 Å². The molecule has 0 unspecified atom stereocenters. The predicted octanol–water partition coefficient (Wildman–Crippen LogP) is 3.82. The fourth-order valence-corrected chi connectivity index (χ4v) is 4.01. The van der Waals surface area contributed by atoms with Gasteiger partial charge >= 0.3 is 0 Å². The molecule has 2 amide bonds. The van der Waals surface area contributed by atoms with Gasteiger partial charge in [-0.2, -0.15) is 0 Å². The van der Waals surface area contributed by atoms with Gasteiger partial charge in [-0.15, -0.1) is 0 Å². The number of nitrogens with zero attached hydrogens (tertiary/aromatic N) is 2. The fourth-order valence-electron chi connectivity index (χ4n) is 3.33. The number of rotatable bonds is 7. The van der Waals surface area contributed by atoms with Crippen molar-refractivity contribution in [2.24, 2.45) is 0 Å². The largest absolute Gasteiger partial charge is 0.494 e. The van der Waals surface area contributed by atoms with Crippen LogP contribution in [0.15, 0.2) is 47.6 Å². The second-order valence-corrected chi connectivity index (χ2v) is 7.62. The number of fused-ring (bicyclic) bond motifs is 1. The summed E-state index contributed by atoms with van der Waals surface area (Å²) in [6.45, 7) is 3.23. The normalized spacial score (nSPS) is 13.8. The number of anilines is 2. The predicted molar refractivity (Wildman–Crippen MR) is 115 cm³/mol. The minimum Gasteiger partial charge on any atom is -0.494 e. The molecular weight excluding hydrogens is 388 g/mol. The number of hydrogen-bond donors (Lipinski definition) is 2. The Morgan fingerprint density at radius 2 is 2.17 bits per heavy atom. The molecule has 1 aliphatic heterocycles. The average Bonchev–Trinajstić information content (AvgIpc) is 3.32. The minimum atomic E-state index is -0.149. The molecule has 1 fully saturated rings. The number of amides is 2. The highest BCUT2D eigenvalue weighted by Gasteiger charge is 2.24. The topological polar surface area (TPSA) is 87.3 Å². The van der Waals surface area contributed by atoms with Crippen LogP contribution < -0.4 is 15.0 Å². The molecule has 2 aromatic carbocycles. The maximum absolute atomic E-state index is 12.5. The van der Waals surface area contributed by atoms with Crippen molar-refractivity contribution in [3.05, 3.63) is 42.5 Å². The van der Waals surface area contributed by atoms with Crippen LogP contribution >= 0.6 is 11.8 Å². The molecular formula is C21H22N4O3S. The van der Waals surface area contributed by atoms with Crippen LogP contribution in [0, 0.1) is 0 Å². The Morgan fingerprint density at radius 3 is 2.97 bits per heavy atom. The van der Waals surface area contributed by atoms with Gasteiger partial charge in [-0.05, 0) is 37.6 Å². The Labute approximate surface area is 172 Å². The third kappa shape index (κ3) is 4.37. The Kier molecular flexibility index (Phi) is 5.71. The van der Waals surface area contributed by atoms with E-state index in [0.29, 0.717) is 30.4 Å². The van der Waals surface area contributed by atoms with Gasteiger partial charge in [0.05, 0.1) is 34.8 Å². The third-order valence-electron chi connectivity index (χ3n) is 4.62. The van der Waals surface area contributed by atoms with Gasteiger partial charge in [0.2, 0.25) is 11.8 Å². The lowest BCUT2D eigenvalue weighted by atomic mass is 10.2. The van der Waals surface area contributed by atoms with E-state index in [1.54, 1.807) is 4.90 Å². The van der Waals surface area contributed by atoms with E-state index in [0.717, 1.165) is 28.9 Å². The summed E-state index contributed by atoms with van der Waals surface area (Å²) in [5.41, 5.74) is 3.10. The van der Waals surface area contributed by atoms with Gasteiger partial charge in [-0.3, -0.25) is 9.59 Å². The maximum Gasteiger partial charge on any atom is 0.234 e. The molecule has 150 valence electrons. The molecule has 2 N–H and O–H groups in total. The first-order chi connectivity index (χ1) is 14.1. The summed E-state index contributed by atoms with van der Waals surface area (Å²) < 4.78 is 5.50. The summed E-state index contributed by atoms with van der Waals surface area (Å²) >= 11 is 1.33. The van der Waals surface area contributed by atoms with Gasteiger partial charge in [0.1, 0.15) is 5.75 Å². The number of carbonyl (C=O) groups is 2. The highest BCUT2D eigenvalue weighted by molar-refractivity contribution is 7.99. The smallest absolute Gasteiger partial charge is 0.234 e. The molecule has 0 saturated carbocycles. The molecule has 0 bridgehead atoms. The number of benzene rings is 2. The highest BCUT2D eigenvalue weighted by Crippen LogP contribution is 2.30. The van der Waals surface area contributed by atoms with E-state index < -0.39 is 0 Å². The first-order valence-corrected chi connectivity index (χ1v) is 10.6. The first kappa shape index (κ1) is 19.3. The van der Waals surface area contributed by atoms with Gasteiger partial charge in [0, 0.05) is 19.0 Å². The second-order valence-electron chi connectivity index (χ2n) is 6.66. The lowest BCUT2D eigenvalue weighted by molar-refractivity contribution is -0.117. The van der Waals surface area contributed by atoms with Crippen LogP contribution in [0.1, 0.15) is 19.8 Å². The minimum absolute atomic E-state index is 0.0924. The number of H-pyrrole nitrogens is 1. The van der Waals surface area contributed by atoms with Crippen molar-refractivity contribution in [1.29, 1.82) is 0 Å². The molecule has 0 atom stereocenters. The van der Waals surface area contributed by atoms with Crippen LogP contribution in [0.25, 0.3) is 11.0 Å². The van der Waals surface area contributed by atoms with E-state index in [-0.39, 0.29) is 17.6 Å². The number of imidazole rings is 1. The Balaban J connectivity index is 1.41. The zero-order chi connectivity index (χ0) is 20.2. The van der Waals surface area contributed by atoms with Crippen molar-refractivity contribution in [3.8, 4) is 5.75 Å². The molecule has 29 heavy (non-hydrogen) atoms. The molecule has 0 spiro atoms. The average molecular weight is 410 g/mol. The zero-order valence-electron chi connectivity index (χ0n) is 16.1. The van der Waals surface area contributed by atoms with E-state index in [2.05, 4.69) is 15.3 Å². The highest BCUT2D eigenvalue weighted by atomic mass is 32.2. The molecule has 1 aromatic heterocycles. The van der Waals surface area contributed by atoms with Crippen molar-refractivity contribution in [1.82, 2.24) is 9.97 Å². The van der Waals surface area contributed by atoms with Crippen LogP contribution in [0.2, 0.25) is 0 Å². The lowest BCUT2D eigenvalue weighted by Gasteiger charge is -2.19. The summed E-state index contributed by atoms with van der Waals surface area (Å²) in [6, 6.07) is 13.1. The number of aromatic nitrogens is 2. The first-order valence-electron chi connectivity index (χ1n) is 9.58. The van der Waals surface area contributed by atoms with Gasteiger partial charge in [0.15, 0.2) is 5.16 Å². The number of carbonyl (C=O) groups excluding carboxylic acids is 2. The standard InChI is InChI=1S/C21H22N4O3S/c1-2-28-14-9-10-15-17(12-14)24-21(23-15)29-13-19(26)22-16-6-3-4-7-18(16)25-11-5-8-20(25)27/h3-4,6-7,9-10,12H,2,5,8,11,13H2,1H3,(H,22,26)(H,23,24). The molecule has 8 heteroatoms. The molecule has 3 aromatic rings. The van der Waals surface area contributed by atoms with E-state index in [1.807, 2.05) is 49.4 Å². The molecule has 0 radical (unpaired) electrons. The Morgan fingerprint density at radius 1 is 1.31 bits per heavy atom. The van der Waals surface area contributed by atoms with E-state index >= 15 is 0 Å². The van der Waals surface area contributed by atoms with Crippen molar-refractivity contribution >= 4 is 46.0 Å². The number of ether oxygens (including phenoxy) is 1. The Bertz CT molecular complexity index is 1050. The van der Waals surface area contributed by atoms with Crippen LogP contribution in [0.4, 0.5) is 11.4 Å². The van der Waals surface area contributed by atoms with Gasteiger partial charge in [-0.25, -0.2) is 4.98 Å².